The minimum atomic E-state index is -1.08. The molecular formula is C13H10FNO3. The molecule has 2 rings (SSSR count). The number of aromatic nitrogens is 1. The topological polar surface area (TPSA) is 59.4 Å². The summed E-state index contributed by atoms with van der Waals surface area (Å²) < 4.78 is 18.0. The van der Waals surface area contributed by atoms with Gasteiger partial charge in [-0.25, -0.2) is 14.2 Å². The average molecular weight is 247 g/mol. The van der Waals surface area contributed by atoms with Gasteiger partial charge in [0.2, 0.25) is 0 Å². The molecule has 1 N–H and O–H groups in total. The monoisotopic (exact) mass is 247 g/mol. The first-order valence-electron chi connectivity index (χ1n) is 5.23. The maximum atomic E-state index is 12.7. The highest BCUT2D eigenvalue weighted by molar-refractivity contribution is 5.85. The standard InChI is InChI=1S/C13H10FNO3/c14-9-4-6-11(7-5-9)18-8-10-2-1-3-12(15-10)13(16)17/h1-7H,8H2,(H,16,17). The lowest BCUT2D eigenvalue weighted by atomic mass is 10.3. The van der Waals surface area contributed by atoms with Crippen molar-refractivity contribution in [2.45, 2.75) is 6.61 Å². The van der Waals surface area contributed by atoms with Gasteiger partial charge in [0.15, 0.2) is 0 Å². The summed E-state index contributed by atoms with van der Waals surface area (Å²) >= 11 is 0. The van der Waals surface area contributed by atoms with E-state index < -0.39 is 5.97 Å². The number of rotatable bonds is 4. The zero-order valence-electron chi connectivity index (χ0n) is 9.34. The van der Waals surface area contributed by atoms with E-state index in [1.165, 1.54) is 30.3 Å². The number of halogens is 1. The molecule has 0 aliphatic rings. The highest BCUT2D eigenvalue weighted by atomic mass is 19.1. The molecule has 1 aromatic heterocycles. The summed E-state index contributed by atoms with van der Waals surface area (Å²) in [4.78, 5) is 14.6. The van der Waals surface area contributed by atoms with Crippen LogP contribution in [0.25, 0.3) is 0 Å². The number of carboxylic acids is 1. The number of hydrogen-bond acceptors (Lipinski definition) is 3. The summed E-state index contributed by atoms with van der Waals surface area (Å²) in [5, 5.41) is 8.78. The average Bonchev–Trinajstić information content (AvgIpc) is 2.38. The minimum Gasteiger partial charge on any atom is -0.487 e. The molecule has 5 heteroatoms. The first kappa shape index (κ1) is 12.0. The van der Waals surface area contributed by atoms with Crippen LogP contribution in [0, 0.1) is 5.82 Å². The zero-order chi connectivity index (χ0) is 13.0. The van der Waals surface area contributed by atoms with Crippen LogP contribution < -0.4 is 4.74 Å². The molecule has 0 unspecified atom stereocenters. The number of hydrogen-bond donors (Lipinski definition) is 1. The molecule has 0 bridgehead atoms. The van der Waals surface area contributed by atoms with Crippen LogP contribution in [-0.2, 0) is 6.61 Å². The molecule has 0 radical (unpaired) electrons. The fourth-order valence-electron chi connectivity index (χ4n) is 1.37. The normalized spacial score (nSPS) is 10.1. The van der Waals surface area contributed by atoms with Gasteiger partial charge in [0.1, 0.15) is 23.9 Å². The molecule has 92 valence electrons. The molecule has 0 fully saturated rings. The predicted molar refractivity (Wildman–Crippen MR) is 61.9 cm³/mol. The van der Waals surface area contributed by atoms with Crippen LogP contribution in [0.3, 0.4) is 0 Å². The van der Waals surface area contributed by atoms with E-state index in [1.54, 1.807) is 12.1 Å². The summed E-state index contributed by atoms with van der Waals surface area (Å²) in [6.45, 7) is 0.132. The Morgan fingerprint density at radius 2 is 1.94 bits per heavy atom. The van der Waals surface area contributed by atoms with Gasteiger partial charge in [-0.2, -0.15) is 0 Å². The smallest absolute Gasteiger partial charge is 0.354 e. The maximum absolute atomic E-state index is 12.7. The van der Waals surface area contributed by atoms with Crippen molar-refractivity contribution >= 4 is 5.97 Å². The van der Waals surface area contributed by atoms with E-state index in [2.05, 4.69) is 4.98 Å². The molecule has 0 saturated carbocycles. The van der Waals surface area contributed by atoms with Gasteiger partial charge in [0, 0.05) is 0 Å². The Balaban J connectivity index is 2.04. The third-order valence-electron chi connectivity index (χ3n) is 2.23. The van der Waals surface area contributed by atoms with Crippen LogP contribution in [0.5, 0.6) is 5.75 Å². The lowest BCUT2D eigenvalue weighted by molar-refractivity contribution is 0.0690. The molecule has 0 aliphatic carbocycles. The third-order valence-corrected chi connectivity index (χ3v) is 2.23. The van der Waals surface area contributed by atoms with E-state index in [9.17, 15) is 9.18 Å². The highest BCUT2D eigenvalue weighted by Crippen LogP contribution is 2.13. The van der Waals surface area contributed by atoms with Crippen LogP contribution >= 0.6 is 0 Å². The van der Waals surface area contributed by atoms with Crippen LogP contribution in [0.2, 0.25) is 0 Å². The van der Waals surface area contributed by atoms with E-state index >= 15 is 0 Å². The van der Waals surface area contributed by atoms with Gasteiger partial charge in [-0.15, -0.1) is 0 Å². The van der Waals surface area contributed by atoms with Gasteiger partial charge >= 0.3 is 5.97 Å². The van der Waals surface area contributed by atoms with Gasteiger partial charge in [-0.1, -0.05) is 6.07 Å². The van der Waals surface area contributed by atoms with Crippen LogP contribution in [0.4, 0.5) is 4.39 Å². The molecule has 0 spiro atoms. The molecule has 2 aromatic rings. The van der Waals surface area contributed by atoms with Gasteiger partial charge in [0.05, 0.1) is 5.69 Å². The van der Waals surface area contributed by atoms with E-state index in [0.717, 1.165) is 0 Å². The highest BCUT2D eigenvalue weighted by Gasteiger charge is 2.05. The second-order valence-corrected chi connectivity index (χ2v) is 3.56. The van der Waals surface area contributed by atoms with E-state index in [-0.39, 0.29) is 18.1 Å². The lowest BCUT2D eigenvalue weighted by Gasteiger charge is -2.05. The summed E-state index contributed by atoms with van der Waals surface area (Å²) in [6.07, 6.45) is 0. The van der Waals surface area contributed by atoms with E-state index in [1.807, 2.05) is 0 Å². The Bertz CT molecular complexity index is 554. The second kappa shape index (κ2) is 5.27. The number of benzene rings is 1. The van der Waals surface area contributed by atoms with Crippen molar-refractivity contribution in [2.24, 2.45) is 0 Å². The van der Waals surface area contributed by atoms with Gasteiger partial charge in [-0.3, -0.25) is 0 Å². The maximum Gasteiger partial charge on any atom is 0.354 e. The Morgan fingerprint density at radius 3 is 2.61 bits per heavy atom. The largest absolute Gasteiger partial charge is 0.487 e. The SMILES string of the molecule is O=C(O)c1cccc(COc2ccc(F)cc2)n1. The number of aromatic carboxylic acids is 1. The minimum absolute atomic E-state index is 0.0322. The van der Waals surface area contributed by atoms with Gasteiger partial charge in [0.25, 0.3) is 0 Å². The molecule has 0 atom stereocenters. The Kier molecular flexibility index (Phi) is 3.52. The molecule has 1 aromatic carbocycles. The first-order valence-corrected chi connectivity index (χ1v) is 5.23. The quantitative estimate of drug-likeness (QED) is 0.901. The summed E-state index contributed by atoms with van der Waals surface area (Å²) in [5.41, 5.74) is 0.467. The second-order valence-electron chi connectivity index (χ2n) is 3.56. The van der Waals surface area contributed by atoms with Crippen LogP contribution in [0.15, 0.2) is 42.5 Å². The Morgan fingerprint density at radius 1 is 1.22 bits per heavy atom. The van der Waals surface area contributed by atoms with Crippen LogP contribution in [0.1, 0.15) is 16.2 Å². The number of ether oxygens (including phenoxy) is 1. The van der Waals surface area contributed by atoms with Gasteiger partial charge in [-0.05, 0) is 36.4 Å². The lowest BCUT2D eigenvalue weighted by Crippen LogP contribution is -2.04. The summed E-state index contributed by atoms with van der Waals surface area (Å²) in [5.74, 6) is -0.925. The summed E-state index contributed by atoms with van der Waals surface area (Å²) in [6, 6.07) is 10.2. The fourth-order valence-corrected chi connectivity index (χ4v) is 1.37. The van der Waals surface area contributed by atoms with E-state index in [0.29, 0.717) is 11.4 Å². The third kappa shape index (κ3) is 3.04. The van der Waals surface area contributed by atoms with Crippen molar-refractivity contribution < 1.29 is 19.0 Å². The summed E-state index contributed by atoms with van der Waals surface area (Å²) in [7, 11) is 0. The van der Waals surface area contributed by atoms with Crippen LogP contribution in [-0.4, -0.2) is 16.1 Å². The molecule has 0 aliphatic heterocycles. The van der Waals surface area contributed by atoms with E-state index in [4.69, 9.17) is 9.84 Å². The first-order chi connectivity index (χ1) is 8.65. The van der Waals surface area contributed by atoms with Crippen molar-refractivity contribution in [1.29, 1.82) is 0 Å². The number of carboxylic acid groups (broad SMARTS) is 1. The number of carbonyl (C=O) groups is 1. The Hall–Kier alpha value is -2.43. The molecule has 0 saturated heterocycles. The molecular weight excluding hydrogens is 237 g/mol. The Labute approximate surface area is 103 Å². The zero-order valence-corrected chi connectivity index (χ0v) is 9.34. The van der Waals surface area contributed by atoms with Gasteiger partial charge < -0.3 is 9.84 Å². The van der Waals surface area contributed by atoms with Crippen molar-refractivity contribution in [3.05, 3.63) is 59.7 Å². The molecule has 4 nitrogen and oxygen atoms in total. The molecule has 18 heavy (non-hydrogen) atoms. The van der Waals surface area contributed by atoms with Crippen molar-refractivity contribution in [3.63, 3.8) is 0 Å². The predicted octanol–water partition coefficient (Wildman–Crippen LogP) is 2.50. The van der Waals surface area contributed by atoms with Crippen molar-refractivity contribution in [3.8, 4) is 5.75 Å². The molecule has 1 heterocycles. The van der Waals surface area contributed by atoms with Crippen molar-refractivity contribution in [1.82, 2.24) is 4.98 Å². The van der Waals surface area contributed by atoms with Crippen molar-refractivity contribution in [2.75, 3.05) is 0 Å². The molecule has 0 amide bonds. The number of pyridine rings is 1. The number of nitrogens with zero attached hydrogens (tertiary/aromatic N) is 1. The fraction of sp³-hybridized carbons (Fsp3) is 0.0769.